The highest BCUT2D eigenvalue weighted by molar-refractivity contribution is 6.42. The van der Waals surface area contributed by atoms with Crippen LogP contribution in [0.15, 0.2) is 40.9 Å². The van der Waals surface area contributed by atoms with Crippen molar-refractivity contribution in [2.24, 2.45) is 5.92 Å². The number of anilines is 2. The molecular weight excluding hydrogens is 581 g/mol. The number of benzene rings is 2. The van der Waals surface area contributed by atoms with E-state index in [4.69, 9.17) is 32.5 Å². The van der Waals surface area contributed by atoms with Gasteiger partial charge in [0.1, 0.15) is 23.2 Å². The maximum atomic E-state index is 13.5. The molecule has 1 aliphatic heterocycles. The summed E-state index contributed by atoms with van der Waals surface area (Å²) >= 11 is 12.3. The Hall–Kier alpha value is -3.31. The topological polar surface area (TPSA) is 120 Å². The summed E-state index contributed by atoms with van der Waals surface area (Å²) < 4.78 is 11.7. The van der Waals surface area contributed by atoms with Gasteiger partial charge in [-0.15, -0.1) is 0 Å². The number of carbonyl (C=O) groups excluding carboxylic acids is 2. The van der Waals surface area contributed by atoms with Crippen LogP contribution < -0.4 is 15.4 Å². The zero-order chi connectivity index (χ0) is 30.6. The van der Waals surface area contributed by atoms with E-state index in [9.17, 15) is 14.7 Å². The molecular formula is C30H37Cl2N5O5. The number of aryl methyl sites for hydroxylation is 2. The number of amides is 3. The minimum Gasteiger partial charge on any atom is -0.488 e. The van der Waals surface area contributed by atoms with E-state index in [1.807, 2.05) is 33.0 Å². The lowest BCUT2D eigenvalue weighted by atomic mass is 10.0. The second kappa shape index (κ2) is 13.8. The Balaban J connectivity index is 1.57. The summed E-state index contributed by atoms with van der Waals surface area (Å²) in [5, 5.41) is 20.3. The zero-order valence-electron chi connectivity index (χ0n) is 24.4. The number of likely N-dealkylation sites (N-methyl/N-ethyl adjacent to an activating group) is 1. The van der Waals surface area contributed by atoms with Crippen LogP contribution in [-0.4, -0.2) is 70.9 Å². The van der Waals surface area contributed by atoms with Crippen molar-refractivity contribution in [1.29, 1.82) is 0 Å². The van der Waals surface area contributed by atoms with E-state index in [1.165, 1.54) is 0 Å². The highest BCUT2D eigenvalue weighted by Gasteiger charge is 2.31. The first-order chi connectivity index (χ1) is 19.9. The highest BCUT2D eigenvalue weighted by atomic mass is 35.5. The summed E-state index contributed by atoms with van der Waals surface area (Å²) in [4.78, 5) is 30.1. The summed E-state index contributed by atoms with van der Waals surface area (Å²) in [6.45, 7) is 8.77. The molecule has 42 heavy (non-hydrogen) atoms. The van der Waals surface area contributed by atoms with Crippen molar-refractivity contribution in [2.75, 3.05) is 37.4 Å². The molecule has 10 nitrogen and oxygen atoms in total. The third-order valence-electron chi connectivity index (χ3n) is 7.37. The molecule has 0 radical (unpaired) electrons. The molecule has 226 valence electrons. The number of rotatable bonds is 8. The van der Waals surface area contributed by atoms with E-state index in [0.717, 1.165) is 5.56 Å². The Morgan fingerprint density at radius 3 is 2.62 bits per heavy atom. The van der Waals surface area contributed by atoms with Crippen LogP contribution in [0, 0.1) is 19.8 Å². The van der Waals surface area contributed by atoms with Crippen LogP contribution in [0.5, 0.6) is 5.75 Å². The summed E-state index contributed by atoms with van der Waals surface area (Å²) in [5.41, 5.74) is 3.22. The van der Waals surface area contributed by atoms with Crippen molar-refractivity contribution in [3.05, 3.63) is 69.0 Å². The fourth-order valence-electron chi connectivity index (χ4n) is 4.98. The predicted molar refractivity (Wildman–Crippen MR) is 163 cm³/mol. The van der Waals surface area contributed by atoms with Crippen molar-refractivity contribution in [3.63, 3.8) is 0 Å². The standard InChI is InChI=1S/C30H37Cl2N5O5/c1-17-13-37(18(2)16-38)28(39)12-22-11-23(33-30(40)34-29-19(3)35-42-20(29)4)7-9-26(22)41-27(17)15-36(5)14-21-6-8-24(31)25(32)10-21/h6-11,17-18,27,38H,12-16H2,1-5H3,(H2,33,34,40)/t17-,18+,27-/m1/s1. The Morgan fingerprint density at radius 1 is 1.19 bits per heavy atom. The van der Waals surface area contributed by atoms with Crippen molar-refractivity contribution in [1.82, 2.24) is 15.0 Å². The molecule has 4 rings (SSSR count). The summed E-state index contributed by atoms with van der Waals surface area (Å²) in [6.07, 6.45) is -0.225. The largest absolute Gasteiger partial charge is 0.488 e. The first-order valence-corrected chi connectivity index (χ1v) is 14.5. The molecule has 3 N–H and O–H groups in total. The number of aliphatic hydroxyl groups excluding tert-OH is 1. The number of hydrogen-bond donors (Lipinski definition) is 3. The van der Waals surface area contributed by atoms with Crippen LogP contribution in [0.2, 0.25) is 10.0 Å². The maximum absolute atomic E-state index is 13.5. The van der Waals surface area contributed by atoms with Crippen molar-refractivity contribution in [2.45, 2.75) is 52.8 Å². The van der Waals surface area contributed by atoms with Gasteiger partial charge in [-0.2, -0.15) is 0 Å². The van der Waals surface area contributed by atoms with E-state index < -0.39 is 6.03 Å². The number of hydrogen-bond acceptors (Lipinski definition) is 7. The van der Waals surface area contributed by atoms with E-state index >= 15 is 0 Å². The van der Waals surface area contributed by atoms with Gasteiger partial charge in [-0.3, -0.25) is 9.69 Å². The summed E-state index contributed by atoms with van der Waals surface area (Å²) in [6, 6.07) is 10.00. The van der Waals surface area contributed by atoms with E-state index in [0.29, 0.717) is 63.8 Å². The number of fused-ring (bicyclic) bond motifs is 1. The molecule has 3 amide bonds. The number of aliphatic hydroxyl groups is 1. The predicted octanol–water partition coefficient (Wildman–Crippen LogP) is 5.52. The minimum atomic E-state index is -0.467. The molecule has 0 bridgehead atoms. The van der Waals surface area contributed by atoms with Gasteiger partial charge in [0.05, 0.1) is 29.1 Å². The smallest absolute Gasteiger partial charge is 0.323 e. The number of halogens is 2. The Labute approximate surface area is 255 Å². The molecule has 0 fully saturated rings. The number of urea groups is 1. The van der Waals surface area contributed by atoms with Crippen molar-refractivity contribution in [3.8, 4) is 5.75 Å². The zero-order valence-corrected chi connectivity index (χ0v) is 25.9. The van der Waals surface area contributed by atoms with Gasteiger partial charge >= 0.3 is 6.03 Å². The van der Waals surface area contributed by atoms with Gasteiger partial charge in [0.15, 0.2) is 5.76 Å². The molecule has 12 heteroatoms. The second-order valence-corrected chi connectivity index (χ2v) is 11.7. The van der Waals surface area contributed by atoms with Crippen molar-refractivity contribution < 1.29 is 24.0 Å². The third-order valence-corrected chi connectivity index (χ3v) is 8.11. The monoisotopic (exact) mass is 617 g/mol. The number of carbonyl (C=O) groups is 2. The number of ether oxygens (including phenoxy) is 1. The number of nitrogens with one attached hydrogen (secondary N) is 2. The van der Waals surface area contributed by atoms with Gasteiger partial charge in [0, 0.05) is 36.8 Å². The van der Waals surface area contributed by atoms with Crippen LogP contribution in [0.3, 0.4) is 0 Å². The SMILES string of the molecule is Cc1noc(C)c1NC(=O)Nc1ccc2c(c1)CC(=O)N([C@@H](C)CO)C[C@@H](C)[C@@H](CN(C)Cc1ccc(Cl)c(Cl)c1)O2. The van der Waals surface area contributed by atoms with Gasteiger partial charge in [0.25, 0.3) is 0 Å². The van der Waals surface area contributed by atoms with Crippen LogP contribution >= 0.6 is 23.2 Å². The van der Waals surface area contributed by atoms with Crippen LogP contribution in [-0.2, 0) is 17.8 Å². The maximum Gasteiger partial charge on any atom is 0.323 e. The van der Waals surface area contributed by atoms with E-state index in [2.05, 4.69) is 20.7 Å². The normalized spacial score (nSPS) is 18.0. The average Bonchev–Trinajstić information content (AvgIpc) is 3.27. The lowest BCUT2D eigenvalue weighted by Crippen LogP contribution is -2.47. The van der Waals surface area contributed by atoms with Crippen LogP contribution in [0.4, 0.5) is 16.2 Å². The van der Waals surface area contributed by atoms with Gasteiger partial charge < -0.3 is 29.9 Å². The van der Waals surface area contributed by atoms with E-state index in [1.54, 1.807) is 43.0 Å². The van der Waals surface area contributed by atoms with E-state index in [-0.39, 0.29) is 37.0 Å². The lowest BCUT2D eigenvalue weighted by Gasteiger charge is -2.34. The molecule has 3 atom stereocenters. The number of aromatic nitrogens is 1. The molecule has 1 aliphatic rings. The molecule has 3 aromatic rings. The fourth-order valence-corrected chi connectivity index (χ4v) is 5.30. The molecule has 1 aromatic heterocycles. The summed E-state index contributed by atoms with van der Waals surface area (Å²) in [7, 11) is 2.00. The number of nitrogens with zero attached hydrogens (tertiary/aromatic N) is 3. The molecule has 0 saturated carbocycles. The molecule has 0 aliphatic carbocycles. The molecule has 2 heterocycles. The van der Waals surface area contributed by atoms with Gasteiger partial charge in [-0.05, 0) is 63.7 Å². The van der Waals surface area contributed by atoms with Gasteiger partial charge in [0.2, 0.25) is 5.91 Å². The van der Waals surface area contributed by atoms with Gasteiger partial charge in [-0.1, -0.05) is 41.3 Å². The first kappa shape index (κ1) is 31.6. The highest BCUT2D eigenvalue weighted by Crippen LogP contribution is 2.30. The molecule has 2 aromatic carbocycles. The fraction of sp³-hybridized carbons (Fsp3) is 0.433. The summed E-state index contributed by atoms with van der Waals surface area (Å²) in [5.74, 6) is 0.885. The van der Waals surface area contributed by atoms with Gasteiger partial charge in [-0.25, -0.2) is 4.79 Å². The molecule has 0 unspecified atom stereocenters. The molecule has 0 saturated heterocycles. The van der Waals surface area contributed by atoms with Crippen LogP contribution in [0.25, 0.3) is 0 Å². The minimum absolute atomic E-state index is 0.0521. The van der Waals surface area contributed by atoms with Crippen LogP contribution in [0.1, 0.15) is 36.4 Å². The Morgan fingerprint density at radius 2 is 1.95 bits per heavy atom. The second-order valence-electron chi connectivity index (χ2n) is 10.9. The Kier molecular flexibility index (Phi) is 10.4. The third kappa shape index (κ3) is 7.74. The average molecular weight is 619 g/mol. The van der Waals surface area contributed by atoms with Crippen molar-refractivity contribution >= 4 is 46.5 Å². The molecule has 0 spiro atoms. The first-order valence-electron chi connectivity index (χ1n) is 13.8. The Bertz CT molecular complexity index is 1410. The quantitative estimate of drug-likeness (QED) is 0.304. The lowest BCUT2D eigenvalue weighted by molar-refractivity contribution is -0.134.